The summed E-state index contributed by atoms with van der Waals surface area (Å²) in [7, 11) is 2.27. The van der Waals surface area contributed by atoms with E-state index in [9.17, 15) is 4.79 Å². The number of hydrogen-bond donors (Lipinski definition) is 0. The predicted octanol–water partition coefficient (Wildman–Crippen LogP) is 2.20. The van der Waals surface area contributed by atoms with Crippen LogP contribution in [0.4, 0.5) is 0 Å². The molecule has 1 nitrogen and oxygen atoms in total. The van der Waals surface area contributed by atoms with Crippen LogP contribution in [0.1, 0.15) is 10.4 Å². The highest BCUT2D eigenvalue weighted by Crippen LogP contribution is 2.09. The topological polar surface area (TPSA) is 17.1 Å². The van der Waals surface area contributed by atoms with Gasteiger partial charge in [0.05, 0.1) is 8.86 Å². The summed E-state index contributed by atoms with van der Waals surface area (Å²) in [5.74, 6) is 1.44. The summed E-state index contributed by atoms with van der Waals surface area (Å²) in [6, 6.07) is 6.79. The second-order valence-electron chi connectivity index (χ2n) is 2.04. The molecule has 3 heteroatoms. The van der Waals surface area contributed by atoms with Gasteiger partial charge in [-0.3, -0.25) is 4.79 Å². The molecule has 0 saturated heterocycles. The number of Topliss-reactive ketones (excluding diaryl/α,β-unsaturated/α-hetero) is 1. The van der Waals surface area contributed by atoms with Crippen LogP contribution < -0.4 is 0 Å². The van der Waals surface area contributed by atoms with Crippen molar-refractivity contribution in [3.8, 4) is 0 Å². The van der Waals surface area contributed by atoms with Crippen LogP contribution in [0.5, 0.6) is 0 Å². The highest BCUT2D eigenvalue weighted by Gasteiger charge is 2.01. The fourth-order valence-corrected chi connectivity index (χ4v) is 1.03. The van der Waals surface area contributed by atoms with Gasteiger partial charge in [-0.05, 0) is 24.3 Å². The molecule has 0 heterocycles. The Kier molecular flexibility index (Phi) is 2.81. The molecule has 0 radical (unpaired) electrons. The summed E-state index contributed by atoms with van der Waals surface area (Å²) in [6.07, 6.45) is 0. The first-order chi connectivity index (χ1) is 5.24. The van der Waals surface area contributed by atoms with Gasteiger partial charge in [0.1, 0.15) is 0 Å². The maximum atomic E-state index is 11.0. The van der Waals surface area contributed by atoms with E-state index in [2.05, 4.69) is 8.86 Å². The van der Waals surface area contributed by atoms with Gasteiger partial charge in [0.15, 0.2) is 5.80 Å². The molecule has 0 spiro atoms. The van der Waals surface area contributed by atoms with Crippen molar-refractivity contribution in [2.45, 2.75) is 0 Å². The molecule has 0 aliphatic heterocycles. The molecule has 1 aromatic rings. The summed E-state index contributed by atoms with van der Waals surface area (Å²) < 4.78 is 0. The number of hydrogen-bond acceptors (Lipinski definition) is 1. The summed E-state index contributed by atoms with van der Waals surface area (Å²) >= 11 is 5.63. The minimum Gasteiger partial charge on any atom is -0.285 e. The molecular weight excluding hydrogens is 179 g/mol. The molecule has 1 unspecified atom stereocenters. The van der Waals surface area contributed by atoms with Crippen LogP contribution in [-0.4, -0.2) is 11.6 Å². The lowest BCUT2D eigenvalue weighted by Crippen LogP contribution is -1.96. The van der Waals surface area contributed by atoms with Crippen molar-refractivity contribution in [2.24, 2.45) is 0 Å². The quantitative estimate of drug-likeness (QED) is 0.510. The molecule has 0 aliphatic rings. The second kappa shape index (κ2) is 3.66. The van der Waals surface area contributed by atoms with Gasteiger partial charge in [0, 0.05) is 10.6 Å². The zero-order chi connectivity index (χ0) is 8.27. The van der Waals surface area contributed by atoms with Crippen LogP contribution in [0.15, 0.2) is 24.3 Å². The van der Waals surface area contributed by atoms with Crippen LogP contribution in [0.2, 0.25) is 5.02 Å². The van der Waals surface area contributed by atoms with Crippen LogP contribution in [0.25, 0.3) is 0 Å². The summed E-state index contributed by atoms with van der Waals surface area (Å²) in [6.45, 7) is 0. The lowest BCUT2D eigenvalue weighted by atomic mass is 10.2. The highest BCUT2D eigenvalue weighted by atomic mass is 35.5. The van der Waals surface area contributed by atoms with Gasteiger partial charge in [-0.15, -0.1) is 0 Å². The van der Waals surface area contributed by atoms with Crippen molar-refractivity contribution < 1.29 is 4.79 Å². The fourth-order valence-electron chi connectivity index (χ4n) is 0.710. The Bertz CT molecular complexity index is 279. The Morgan fingerprint density at radius 3 is 2.36 bits per heavy atom. The Morgan fingerprint density at radius 1 is 1.36 bits per heavy atom. The van der Waals surface area contributed by atoms with Gasteiger partial charge in [0.2, 0.25) is 5.78 Å². The van der Waals surface area contributed by atoms with Crippen molar-refractivity contribution in [2.75, 3.05) is 0 Å². The van der Waals surface area contributed by atoms with E-state index in [-0.39, 0.29) is 5.78 Å². The third-order valence-corrected chi connectivity index (χ3v) is 1.83. The van der Waals surface area contributed by atoms with E-state index >= 15 is 0 Å². The van der Waals surface area contributed by atoms with E-state index in [1.54, 1.807) is 24.3 Å². The van der Waals surface area contributed by atoms with Crippen LogP contribution in [-0.2, 0) is 0 Å². The molecule has 11 heavy (non-hydrogen) atoms. The molecule has 0 amide bonds. The molecule has 0 aromatic heterocycles. The second-order valence-corrected chi connectivity index (χ2v) is 2.81. The van der Waals surface area contributed by atoms with Crippen molar-refractivity contribution in [3.05, 3.63) is 34.9 Å². The molecule has 1 aromatic carbocycles. The van der Waals surface area contributed by atoms with E-state index in [4.69, 9.17) is 11.6 Å². The predicted molar refractivity (Wildman–Crippen MR) is 51.6 cm³/mol. The van der Waals surface area contributed by atoms with Crippen LogP contribution >= 0.6 is 20.5 Å². The van der Waals surface area contributed by atoms with E-state index in [1.165, 1.54) is 5.80 Å². The van der Waals surface area contributed by atoms with E-state index in [0.717, 1.165) is 0 Å². The first-order valence-electron chi connectivity index (χ1n) is 3.09. The third-order valence-electron chi connectivity index (χ3n) is 1.28. The molecule has 0 N–H and O–H groups in total. The first kappa shape index (κ1) is 8.45. The molecule has 56 valence electrons. The largest absolute Gasteiger partial charge is 0.285 e. The maximum Gasteiger partial charge on any atom is 0.226 e. The lowest BCUT2D eigenvalue weighted by molar-refractivity contribution is 0.107. The van der Waals surface area contributed by atoms with Gasteiger partial charge in [0.25, 0.3) is 0 Å². The zero-order valence-corrected chi connectivity index (χ0v) is 7.66. The molecule has 1 rings (SSSR count). The number of carbonyl (C=O) groups is 1. The maximum absolute atomic E-state index is 11.0. The zero-order valence-electron chi connectivity index (χ0n) is 5.75. The molecule has 0 aliphatic carbocycles. The van der Waals surface area contributed by atoms with Crippen LogP contribution in [0.3, 0.4) is 0 Å². The number of ketones is 1. The van der Waals surface area contributed by atoms with Crippen molar-refractivity contribution in [3.63, 3.8) is 0 Å². The molecule has 1 atom stereocenters. The molecule has 0 bridgehead atoms. The Labute approximate surface area is 72.2 Å². The molecule has 0 fully saturated rings. The Hall–Kier alpha value is -0.650. The standard InChI is InChI=1S/C8H6ClOP/c9-7-3-1-6(2-4-7)8(10)5-11/h1-5,11H/p+1. The average molecular weight is 186 g/mol. The minimum absolute atomic E-state index is 0.00772. The van der Waals surface area contributed by atoms with E-state index in [1.807, 2.05) is 0 Å². The number of halogens is 1. The van der Waals surface area contributed by atoms with Crippen molar-refractivity contribution >= 4 is 32.0 Å². The van der Waals surface area contributed by atoms with Crippen LogP contribution in [0, 0.1) is 0 Å². The number of carbonyl (C=O) groups excluding carboxylic acids is 1. The van der Waals surface area contributed by atoms with Gasteiger partial charge < -0.3 is 0 Å². The summed E-state index contributed by atoms with van der Waals surface area (Å²) in [5.41, 5.74) is 0.657. The Balaban J connectivity index is 2.98. The summed E-state index contributed by atoms with van der Waals surface area (Å²) in [5, 5.41) is 0.644. The normalized spacial score (nSPS) is 9.18. The van der Waals surface area contributed by atoms with Gasteiger partial charge in [-0.1, -0.05) is 11.6 Å². The van der Waals surface area contributed by atoms with E-state index < -0.39 is 0 Å². The van der Waals surface area contributed by atoms with Gasteiger partial charge in [-0.25, -0.2) is 0 Å². The SMILES string of the molecule is O=C(C=[PH2+])c1ccc(Cl)cc1. The smallest absolute Gasteiger partial charge is 0.226 e. The molecular formula is C8H7ClOP+. The lowest BCUT2D eigenvalue weighted by Gasteiger charge is -1.91. The third kappa shape index (κ3) is 2.14. The Morgan fingerprint density at radius 2 is 1.91 bits per heavy atom. The monoisotopic (exact) mass is 185 g/mol. The van der Waals surface area contributed by atoms with Gasteiger partial charge in [-0.2, -0.15) is 0 Å². The molecule has 0 saturated carbocycles. The number of rotatable bonds is 2. The van der Waals surface area contributed by atoms with Gasteiger partial charge >= 0.3 is 0 Å². The highest BCUT2D eigenvalue weighted by molar-refractivity contribution is 7.22. The first-order valence-corrected chi connectivity index (χ1v) is 4.13. The fraction of sp³-hybridized carbons (Fsp3) is 0. The minimum atomic E-state index is -0.00772. The van der Waals surface area contributed by atoms with E-state index in [0.29, 0.717) is 10.6 Å². The average Bonchev–Trinajstić information content (AvgIpc) is 2.05. The van der Waals surface area contributed by atoms with Crippen molar-refractivity contribution in [1.82, 2.24) is 0 Å². The summed E-state index contributed by atoms with van der Waals surface area (Å²) in [4.78, 5) is 11.0. The number of benzene rings is 1. The van der Waals surface area contributed by atoms with Crippen molar-refractivity contribution in [1.29, 1.82) is 0 Å².